The summed E-state index contributed by atoms with van der Waals surface area (Å²) in [7, 11) is 0. The van der Waals surface area contributed by atoms with Crippen LogP contribution in [0.3, 0.4) is 0 Å². The van der Waals surface area contributed by atoms with Gasteiger partial charge in [0.1, 0.15) is 5.75 Å². The van der Waals surface area contributed by atoms with Crippen LogP contribution in [-0.4, -0.2) is 19.1 Å². The van der Waals surface area contributed by atoms with Crippen molar-refractivity contribution < 1.29 is 9.53 Å². The molecule has 0 heterocycles. The van der Waals surface area contributed by atoms with Crippen molar-refractivity contribution in [3.05, 3.63) is 42.5 Å². The average molecular weight is 255 g/mol. The number of amides is 1. The fourth-order valence-corrected chi connectivity index (χ4v) is 2.04. The number of nitrogens with one attached hydrogen (secondary N) is 1. The van der Waals surface area contributed by atoms with Crippen LogP contribution in [0.5, 0.6) is 5.75 Å². The van der Waals surface area contributed by atoms with Gasteiger partial charge in [-0.15, -0.1) is 0 Å². The molecule has 0 saturated heterocycles. The van der Waals surface area contributed by atoms with Crippen molar-refractivity contribution in [1.29, 1.82) is 0 Å². The summed E-state index contributed by atoms with van der Waals surface area (Å²) in [5.41, 5.74) is 0. The van der Waals surface area contributed by atoms with Crippen LogP contribution in [0.25, 0.3) is 10.8 Å². The van der Waals surface area contributed by atoms with Crippen molar-refractivity contribution >= 4 is 16.7 Å². The van der Waals surface area contributed by atoms with Gasteiger partial charge >= 0.3 is 0 Å². The zero-order chi connectivity index (χ0) is 13.1. The highest BCUT2D eigenvalue weighted by Gasteiger charge is 2.21. The largest absolute Gasteiger partial charge is 0.484 e. The molecule has 0 atom stereocenters. The smallest absolute Gasteiger partial charge is 0.257 e. The lowest BCUT2D eigenvalue weighted by Crippen LogP contribution is -2.30. The maximum Gasteiger partial charge on any atom is 0.257 e. The zero-order valence-electron chi connectivity index (χ0n) is 10.8. The first-order chi connectivity index (χ1) is 9.31. The van der Waals surface area contributed by atoms with Crippen LogP contribution in [-0.2, 0) is 4.79 Å². The quantitative estimate of drug-likeness (QED) is 0.892. The molecule has 1 aliphatic rings. The molecule has 0 unspecified atom stereocenters. The molecule has 98 valence electrons. The van der Waals surface area contributed by atoms with Crippen LogP contribution in [0.1, 0.15) is 12.8 Å². The van der Waals surface area contributed by atoms with E-state index in [1.807, 2.05) is 36.4 Å². The lowest BCUT2D eigenvalue weighted by Gasteiger charge is -2.08. The van der Waals surface area contributed by atoms with Gasteiger partial charge in [-0.1, -0.05) is 30.3 Å². The van der Waals surface area contributed by atoms with Crippen molar-refractivity contribution in [3.8, 4) is 5.75 Å². The predicted molar refractivity (Wildman–Crippen MR) is 75.2 cm³/mol. The highest BCUT2D eigenvalue weighted by Crippen LogP contribution is 2.27. The van der Waals surface area contributed by atoms with E-state index in [2.05, 4.69) is 11.4 Å². The van der Waals surface area contributed by atoms with Crippen LogP contribution in [0.15, 0.2) is 42.5 Å². The number of rotatable bonds is 5. The third kappa shape index (κ3) is 3.25. The molecule has 1 fully saturated rings. The molecule has 0 radical (unpaired) electrons. The monoisotopic (exact) mass is 255 g/mol. The van der Waals surface area contributed by atoms with Gasteiger partial charge in [0.15, 0.2) is 6.61 Å². The summed E-state index contributed by atoms with van der Waals surface area (Å²) in [5, 5.41) is 5.19. The Bertz CT molecular complexity index is 590. The minimum Gasteiger partial charge on any atom is -0.484 e. The number of ether oxygens (including phenoxy) is 1. The van der Waals surface area contributed by atoms with Crippen LogP contribution >= 0.6 is 0 Å². The van der Waals surface area contributed by atoms with Crippen molar-refractivity contribution in [3.63, 3.8) is 0 Å². The Balaban J connectivity index is 1.56. The number of hydrogen-bond donors (Lipinski definition) is 1. The van der Waals surface area contributed by atoms with Gasteiger partial charge in [-0.05, 0) is 41.7 Å². The number of carbonyl (C=O) groups excluding carboxylic acids is 1. The Labute approximate surface area is 112 Å². The summed E-state index contributed by atoms with van der Waals surface area (Å²) in [6, 6.07) is 14.0. The Morgan fingerprint density at radius 3 is 2.74 bits per heavy atom. The molecule has 3 rings (SSSR count). The Hall–Kier alpha value is -2.03. The fraction of sp³-hybridized carbons (Fsp3) is 0.312. The summed E-state index contributed by atoms with van der Waals surface area (Å²) >= 11 is 0. The second-order valence-corrected chi connectivity index (χ2v) is 5.05. The van der Waals surface area contributed by atoms with Gasteiger partial charge in [0.2, 0.25) is 0 Å². The van der Waals surface area contributed by atoms with E-state index in [1.54, 1.807) is 0 Å². The summed E-state index contributed by atoms with van der Waals surface area (Å²) in [6.07, 6.45) is 2.48. The second kappa shape index (κ2) is 5.31. The summed E-state index contributed by atoms with van der Waals surface area (Å²) in [4.78, 5) is 11.6. The van der Waals surface area contributed by atoms with Crippen molar-refractivity contribution in [1.82, 2.24) is 5.32 Å². The first-order valence-electron chi connectivity index (χ1n) is 6.69. The van der Waals surface area contributed by atoms with Gasteiger partial charge in [0.25, 0.3) is 5.91 Å². The molecule has 2 aromatic rings. The molecule has 0 bridgehead atoms. The van der Waals surface area contributed by atoms with Crippen molar-refractivity contribution in [2.45, 2.75) is 12.8 Å². The molecule has 0 aromatic heterocycles. The SMILES string of the molecule is O=C(COc1ccc2ccccc2c1)NCC1CC1. The highest BCUT2D eigenvalue weighted by atomic mass is 16.5. The highest BCUT2D eigenvalue weighted by molar-refractivity contribution is 5.84. The van der Waals surface area contributed by atoms with Crippen molar-refractivity contribution in [2.24, 2.45) is 5.92 Å². The van der Waals surface area contributed by atoms with E-state index in [9.17, 15) is 4.79 Å². The molecule has 19 heavy (non-hydrogen) atoms. The molecule has 1 aliphatic carbocycles. The summed E-state index contributed by atoms with van der Waals surface area (Å²) in [5.74, 6) is 1.39. The van der Waals surface area contributed by atoms with Gasteiger partial charge < -0.3 is 10.1 Å². The molecule has 3 nitrogen and oxygen atoms in total. The molecule has 1 amide bonds. The number of carbonyl (C=O) groups is 1. The lowest BCUT2D eigenvalue weighted by molar-refractivity contribution is -0.123. The summed E-state index contributed by atoms with van der Waals surface area (Å²) in [6.45, 7) is 0.880. The molecular weight excluding hydrogens is 238 g/mol. The normalized spacial score (nSPS) is 14.3. The van der Waals surface area contributed by atoms with Gasteiger partial charge in [0.05, 0.1) is 0 Å². The average Bonchev–Trinajstić information content (AvgIpc) is 3.27. The van der Waals surface area contributed by atoms with E-state index in [-0.39, 0.29) is 12.5 Å². The van der Waals surface area contributed by atoms with E-state index in [4.69, 9.17) is 4.74 Å². The minimum atomic E-state index is -0.0416. The van der Waals surface area contributed by atoms with Crippen LogP contribution < -0.4 is 10.1 Å². The topological polar surface area (TPSA) is 38.3 Å². The van der Waals surface area contributed by atoms with Gasteiger partial charge in [0, 0.05) is 6.54 Å². The third-order valence-electron chi connectivity index (χ3n) is 3.38. The molecule has 2 aromatic carbocycles. The first kappa shape index (κ1) is 12.0. The van der Waals surface area contributed by atoms with E-state index in [0.717, 1.165) is 17.7 Å². The molecule has 0 spiro atoms. The second-order valence-electron chi connectivity index (χ2n) is 5.05. The van der Waals surface area contributed by atoms with E-state index >= 15 is 0 Å². The third-order valence-corrected chi connectivity index (χ3v) is 3.38. The summed E-state index contributed by atoms with van der Waals surface area (Å²) < 4.78 is 5.52. The van der Waals surface area contributed by atoms with Gasteiger partial charge in [-0.25, -0.2) is 0 Å². The maximum atomic E-state index is 11.6. The molecule has 3 heteroatoms. The molecule has 1 saturated carbocycles. The Morgan fingerprint density at radius 1 is 1.16 bits per heavy atom. The Kier molecular flexibility index (Phi) is 3.36. The van der Waals surface area contributed by atoms with E-state index < -0.39 is 0 Å². The fourth-order valence-electron chi connectivity index (χ4n) is 2.04. The van der Waals surface area contributed by atoms with E-state index in [1.165, 1.54) is 18.2 Å². The van der Waals surface area contributed by atoms with Crippen molar-refractivity contribution in [2.75, 3.05) is 13.2 Å². The predicted octanol–water partition coefficient (Wildman–Crippen LogP) is 2.74. The van der Waals surface area contributed by atoms with Crippen LogP contribution in [0, 0.1) is 5.92 Å². The number of benzene rings is 2. The van der Waals surface area contributed by atoms with E-state index in [0.29, 0.717) is 5.92 Å². The minimum absolute atomic E-state index is 0.0416. The van der Waals surface area contributed by atoms with Crippen LogP contribution in [0.2, 0.25) is 0 Å². The molecule has 1 N–H and O–H groups in total. The maximum absolute atomic E-state index is 11.6. The molecule has 0 aliphatic heterocycles. The lowest BCUT2D eigenvalue weighted by atomic mass is 10.1. The zero-order valence-corrected chi connectivity index (χ0v) is 10.8. The standard InChI is InChI=1S/C16H17NO2/c18-16(17-10-12-5-6-12)11-19-15-8-7-13-3-1-2-4-14(13)9-15/h1-4,7-9,12H,5-6,10-11H2,(H,17,18). The van der Waals surface area contributed by atoms with Crippen LogP contribution in [0.4, 0.5) is 0 Å². The molecular formula is C16H17NO2. The van der Waals surface area contributed by atoms with Gasteiger partial charge in [-0.3, -0.25) is 4.79 Å². The number of fused-ring (bicyclic) bond motifs is 1. The first-order valence-corrected chi connectivity index (χ1v) is 6.69. The Morgan fingerprint density at radius 2 is 1.95 bits per heavy atom. The number of hydrogen-bond acceptors (Lipinski definition) is 2. The van der Waals surface area contributed by atoms with Gasteiger partial charge in [-0.2, -0.15) is 0 Å².